The van der Waals surface area contributed by atoms with Gasteiger partial charge in [-0.1, -0.05) is 65.8 Å². The Morgan fingerprint density at radius 1 is 0.929 bits per heavy atom. The number of nitrogens with two attached hydrogens (primary N) is 1. The van der Waals surface area contributed by atoms with Gasteiger partial charge in [0, 0.05) is 11.3 Å². The van der Waals surface area contributed by atoms with Crippen LogP contribution in [0, 0.1) is 0 Å². The molecule has 0 aliphatic rings. The Kier molecular flexibility index (Phi) is 5.24. The number of benzene rings is 2. The van der Waals surface area contributed by atoms with Crippen LogP contribution in [0.15, 0.2) is 48.5 Å². The fourth-order valence-corrected chi connectivity index (χ4v) is 3.15. The molecule has 4 heteroatoms. The van der Waals surface area contributed by atoms with E-state index in [-0.39, 0.29) is 10.8 Å². The number of aromatic nitrogens is 2. The Hall–Kier alpha value is -2.75. The summed E-state index contributed by atoms with van der Waals surface area (Å²) in [5.41, 5.74) is 12.0. The van der Waals surface area contributed by atoms with Gasteiger partial charge in [-0.25, -0.2) is 0 Å². The van der Waals surface area contributed by atoms with Gasteiger partial charge in [0.15, 0.2) is 0 Å². The lowest BCUT2D eigenvalue weighted by molar-refractivity contribution is 0.292. The molecule has 0 amide bonds. The number of anilines is 1. The smallest absolute Gasteiger partial charge is 0.130 e. The Bertz CT molecular complexity index is 958. The van der Waals surface area contributed by atoms with E-state index in [9.17, 15) is 0 Å². The molecule has 3 rings (SSSR count). The van der Waals surface area contributed by atoms with Crippen LogP contribution in [0.4, 0.5) is 5.69 Å². The molecule has 1 aromatic heterocycles. The second-order valence-electron chi connectivity index (χ2n) is 9.40. The Morgan fingerprint density at radius 2 is 1.68 bits per heavy atom. The zero-order chi connectivity index (χ0) is 20.5. The average molecular weight is 378 g/mol. The molecule has 0 aliphatic heterocycles. The third-order valence-electron chi connectivity index (χ3n) is 4.85. The van der Waals surface area contributed by atoms with Crippen LogP contribution in [-0.2, 0) is 17.4 Å². The van der Waals surface area contributed by atoms with Crippen molar-refractivity contribution in [2.75, 3.05) is 5.73 Å². The molecule has 0 atom stereocenters. The summed E-state index contributed by atoms with van der Waals surface area (Å²) >= 11 is 0. The first-order chi connectivity index (χ1) is 13.0. The van der Waals surface area contributed by atoms with Crippen molar-refractivity contribution >= 4 is 5.69 Å². The lowest BCUT2D eigenvalue weighted by atomic mass is 9.80. The second kappa shape index (κ2) is 7.34. The number of H-pyrrole nitrogens is 1. The molecule has 3 aromatic rings. The highest BCUT2D eigenvalue weighted by atomic mass is 16.5. The van der Waals surface area contributed by atoms with Crippen molar-refractivity contribution in [2.45, 2.75) is 59.0 Å². The zero-order valence-corrected chi connectivity index (χ0v) is 17.8. The third-order valence-corrected chi connectivity index (χ3v) is 4.85. The van der Waals surface area contributed by atoms with Gasteiger partial charge in [0.1, 0.15) is 12.4 Å². The fourth-order valence-electron chi connectivity index (χ4n) is 3.15. The minimum Gasteiger partial charge on any atom is -0.487 e. The highest BCUT2D eigenvalue weighted by molar-refractivity contribution is 5.64. The molecule has 0 saturated heterocycles. The summed E-state index contributed by atoms with van der Waals surface area (Å²) in [6.07, 6.45) is 0. The Balaban J connectivity index is 1.81. The number of rotatable bonds is 4. The van der Waals surface area contributed by atoms with Crippen LogP contribution in [0.25, 0.3) is 11.3 Å². The van der Waals surface area contributed by atoms with Crippen LogP contribution in [0.5, 0.6) is 5.75 Å². The molecular formula is C24H31N3O. The van der Waals surface area contributed by atoms with Crippen molar-refractivity contribution in [1.29, 1.82) is 0 Å². The minimum atomic E-state index is -0.00267. The summed E-state index contributed by atoms with van der Waals surface area (Å²) in [6.45, 7) is 13.8. The number of hydrogen-bond acceptors (Lipinski definition) is 3. The first-order valence-electron chi connectivity index (χ1n) is 9.72. The number of hydrogen-bond donors (Lipinski definition) is 2. The van der Waals surface area contributed by atoms with Crippen LogP contribution < -0.4 is 10.5 Å². The van der Waals surface area contributed by atoms with Gasteiger partial charge in [-0.2, -0.15) is 5.10 Å². The fraction of sp³-hybridized carbons (Fsp3) is 0.375. The second-order valence-corrected chi connectivity index (χ2v) is 9.40. The number of ether oxygens (including phenoxy) is 1. The highest BCUT2D eigenvalue weighted by Crippen LogP contribution is 2.35. The van der Waals surface area contributed by atoms with Crippen molar-refractivity contribution in [3.8, 4) is 17.0 Å². The highest BCUT2D eigenvalue weighted by Gasteiger charge is 2.23. The third kappa shape index (κ3) is 4.56. The van der Waals surface area contributed by atoms with E-state index >= 15 is 0 Å². The quantitative estimate of drug-likeness (QED) is 0.562. The lowest BCUT2D eigenvalue weighted by Crippen LogP contribution is -2.17. The average Bonchev–Trinajstić information content (AvgIpc) is 3.07. The van der Waals surface area contributed by atoms with E-state index < -0.39 is 0 Å². The molecule has 0 bridgehead atoms. The van der Waals surface area contributed by atoms with Gasteiger partial charge < -0.3 is 10.5 Å². The van der Waals surface area contributed by atoms with Crippen molar-refractivity contribution in [1.82, 2.24) is 10.2 Å². The molecule has 0 unspecified atom stereocenters. The van der Waals surface area contributed by atoms with Crippen LogP contribution in [0.2, 0.25) is 0 Å². The summed E-state index contributed by atoms with van der Waals surface area (Å²) in [5.74, 6) is 0.917. The zero-order valence-electron chi connectivity index (χ0n) is 17.8. The van der Waals surface area contributed by atoms with Gasteiger partial charge in [0.25, 0.3) is 0 Å². The van der Waals surface area contributed by atoms with Gasteiger partial charge >= 0.3 is 0 Å². The maximum absolute atomic E-state index is 6.19. The summed E-state index contributed by atoms with van der Waals surface area (Å²) in [7, 11) is 0. The van der Waals surface area contributed by atoms with Gasteiger partial charge in [-0.15, -0.1) is 0 Å². The normalized spacial score (nSPS) is 12.2. The number of nitrogens with zero attached hydrogens (tertiary/aromatic N) is 1. The van der Waals surface area contributed by atoms with Gasteiger partial charge in [-0.3, -0.25) is 5.10 Å². The largest absolute Gasteiger partial charge is 0.487 e. The molecule has 4 nitrogen and oxygen atoms in total. The van der Waals surface area contributed by atoms with Crippen molar-refractivity contribution in [2.24, 2.45) is 0 Å². The van der Waals surface area contributed by atoms with Gasteiger partial charge in [0.2, 0.25) is 0 Å². The van der Waals surface area contributed by atoms with E-state index in [1.807, 2.05) is 30.3 Å². The summed E-state index contributed by atoms with van der Waals surface area (Å²) in [4.78, 5) is 0. The Morgan fingerprint density at radius 3 is 2.32 bits per heavy atom. The summed E-state index contributed by atoms with van der Waals surface area (Å²) in [6, 6.07) is 16.3. The van der Waals surface area contributed by atoms with Gasteiger partial charge in [-0.05, 0) is 46.2 Å². The van der Waals surface area contributed by atoms with Crippen LogP contribution in [0.1, 0.15) is 58.4 Å². The minimum absolute atomic E-state index is 0.00267. The van der Waals surface area contributed by atoms with E-state index in [0.29, 0.717) is 6.61 Å². The first kappa shape index (κ1) is 20.0. The maximum atomic E-state index is 6.19. The Labute approximate surface area is 168 Å². The van der Waals surface area contributed by atoms with Crippen LogP contribution in [0.3, 0.4) is 0 Å². The lowest BCUT2D eigenvalue weighted by Gasteiger charge is -2.27. The summed E-state index contributed by atoms with van der Waals surface area (Å²) in [5, 5.41) is 7.47. The van der Waals surface area contributed by atoms with Crippen molar-refractivity contribution in [3.63, 3.8) is 0 Å². The predicted octanol–water partition coefficient (Wildman–Crippen LogP) is 5.83. The molecule has 0 fully saturated rings. The van der Waals surface area contributed by atoms with E-state index in [4.69, 9.17) is 10.5 Å². The SMILES string of the molecule is CC(C)(C)c1ccc(OCc2cc(-c3cccc(N)c3)n[nH]2)c(C(C)(C)C)c1. The number of aromatic amines is 1. The molecule has 0 radical (unpaired) electrons. The maximum Gasteiger partial charge on any atom is 0.130 e. The van der Waals surface area contributed by atoms with E-state index in [0.717, 1.165) is 28.4 Å². The molecule has 2 aromatic carbocycles. The monoisotopic (exact) mass is 377 g/mol. The standard InChI is InChI=1S/C24H31N3O/c1-23(2,3)17-10-11-22(20(13-17)24(4,5)6)28-15-19-14-21(27-26-19)16-8-7-9-18(25)12-16/h7-14H,15,25H2,1-6H3,(H,26,27). The number of nitrogen functional groups attached to an aromatic ring is 1. The van der Waals surface area contributed by atoms with Crippen LogP contribution >= 0.6 is 0 Å². The molecule has 3 N–H and O–H groups in total. The van der Waals surface area contributed by atoms with E-state index in [1.54, 1.807) is 0 Å². The molecule has 28 heavy (non-hydrogen) atoms. The molecule has 0 spiro atoms. The molecule has 148 valence electrons. The van der Waals surface area contributed by atoms with Gasteiger partial charge in [0.05, 0.1) is 11.4 Å². The molecular weight excluding hydrogens is 346 g/mol. The van der Waals surface area contributed by atoms with Crippen molar-refractivity contribution < 1.29 is 4.74 Å². The molecule has 1 heterocycles. The van der Waals surface area contributed by atoms with Crippen LogP contribution in [-0.4, -0.2) is 10.2 Å². The topological polar surface area (TPSA) is 63.9 Å². The first-order valence-corrected chi connectivity index (χ1v) is 9.72. The number of nitrogens with one attached hydrogen (secondary N) is 1. The predicted molar refractivity (Wildman–Crippen MR) is 117 cm³/mol. The van der Waals surface area contributed by atoms with Crippen molar-refractivity contribution in [3.05, 3.63) is 65.4 Å². The molecule has 0 aliphatic carbocycles. The van der Waals surface area contributed by atoms with E-state index in [1.165, 1.54) is 11.1 Å². The molecule has 0 saturated carbocycles. The summed E-state index contributed by atoms with van der Waals surface area (Å²) < 4.78 is 6.19. The van der Waals surface area contributed by atoms with E-state index in [2.05, 4.69) is 69.9 Å².